The van der Waals surface area contributed by atoms with Gasteiger partial charge in [0.2, 0.25) is 0 Å². The van der Waals surface area contributed by atoms with E-state index in [9.17, 15) is 8.42 Å². The molecule has 1 aliphatic heterocycles. The summed E-state index contributed by atoms with van der Waals surface area (Å²) in [5, 5.41) is 3.29. The molecule has 0 aliphatic carbocycles. The topological polar surface area (TPSA) is 113 Å². The van der Waals surface area contributed by atoms with Crippen molar-refractivity contribution in [1.29, 1.82) is 0 Å². The van der Waals surface area contributed by atoms with Gasteiger partial charge in [0.25, 0.3) is 10.0 Å². The van der Waals surface area contributed by atoms with Gasteiger partial charge in [0, 0.05) is 43.0 Å². The van der Waals surface area contributed by atoms with Gasteiger partial charge in [-0.1, -0.05) is 12.1 Å². The van der Waals surface area contributed by atoms with Crippen molar-refractivity contribution >= 4 is 33.0 Å². The number of hydrogen-bond acceptors (Lipinski definition) is 8. The smallest absolute Gasteiger partial charge is 0.261 e. The van der Waals surface area contributed by atoms with Crippen LogP contribution in [0, 0.1) is 13.8 Å². The van der Waals surface area contributed by atoms with Crippen LogP contribution in [0.3, 0.4) is 0 Å². The molecule has 0 bridgehead atoms. The van der Waals surface area contributed by atoms with Gasteiger partial charge in [-0.05, 0) is 56.2 Å². The van der Waals surface area contributed by atoms with Crippen LogP contribution in [0.15, 0.2) is 70.2 Å². The minimum absolute atomic E-state index is 0.162. The number of nitrogens with one attached hydrogen (secondary N) is 2. The van der Waals surface area contributed by atoms with Crippen molar-refractivity contribution in [2.24, 2.45) is 0 Å². The highest BCUT2D eigenvalue weighted by Crippen LogP contribution is 2.25. The lowest BCUT2D eigenvalue weighted by Crippen LogP contribution is -2.19. The summed E-state index contributed by atoms with van der Waals surface area (Å²) in [6.45, 7) is 5.65. The summed E-state index contributed by atoms with van der Waals surface area (Å²) in [5.41, 5.74) is 2.70. The lowest BCUT2D eigenvalue weighted by atomic mass is 10.2. The van der Waals surface area contributed by atoms with Gasteiger partial charge in [0.15, 0.2) is 5.89 Å². The van der Waals surface area contributed by atoms with Crippen molar-refractivity contribution in [3.63, 3.8) is 0 Å². The maximum atomic E-state index is 12.8. The Morgan fingerprint density at radius 2 is 1.57 bits per heavy atom. The fourth-order valence-electron chi connectivity index (χ4n) is 4.01. The Morgan fingerprint density at radius 1 is 0.886 bits per heavy atom. The molecule has 0 saturated carbocycles. The molecule has 0 spiro atoms. The zero-order valence-electron chi connectivity index (χ0n) is 19.5. The number of sulfonamides is 1. The van der Waals surface area contributed by atoms with Gasteiger partial charge in [-0.25, -0.2) is 23.4 Å². The van der Waals surface area contributed by atoms with Gasteiger partial charge in [-0.3, -0.25) is 4.72 Å². The maximum Gasteiger partial charge on any atom is 0.261 e. The summed E-state index contributed by atoms with van der Waals surface area (Å²) in [6.07, 6.45) is 3.89. The van der Waals surface area contributed by atoms with Crippen molar-refractivity contribution in [2.75, 3.05) is 28.0 Å². The molecule has 2 aromatic heterocycles. The average molecular weight is 491 g/mol. The number of aromatic nitrogens is 3. The summed E-state index contributed by atoms with van der Waals surface area (Å²) in [5.74, 6) is 2.88. The lowest BCUT2D eigenvalue weighted by Gasteiger charge is -2.18. The van der Waals surface area contributed by atoms with Crippen LogP contribution in [-0.4, -0.2) is 36.5 Å². The van der Waals surface area contributed by atoms with E-state index in [1.165, 1.54) is 12.8 Å². The second kappa shape index (κ2) is 9.38. The van der Waals surface area contributed by atoms with Gasteiger partial charge in [0.1, 0.15) is 29.4 Å². The largest absolute Gasteiger partial charge is 0.449 e. The summed E-state index contributed by atoms with van der Waals surface area (Å²) >= 11 is 0. The van der Waals surface area contributed by atoms with E-state index in [2.05, 4.69) is 29.9 Å². The number of hydrogen-bond donors (Lipinski definition) is 2. The highest BCUT2D eigenvalue weighted by Gasteiger charge is 2.16. The highest BCUT2D eigenvalue weighted by atomic mass is 32.2. The Bertz CT molecular complexity index is 1430. The van der Waals surface area contributed by atoms with Crippen molar-refractivity contribution in [3.8, 4) is 11.3 Å². The molecule has 5 rings (SSSR count). The quantitative estimate of drug-likeness (QED) is 0.376. The Morgan fingerprint density at radius 3 is 2.23 bits per heavy atom. The van der Waals surface area contributed by atoms with Crippen molar-refractivity contribution < 1.29 is 12.8 Å². The van der Waals surface area contributed by atoms with Gasteiger partial charge in [0.05, 0.1) is 4.90 Å². The first-order valence-electron chi connectivity index (χ1n) is 11.4. The molecular formula is C25H26N6O3S. The molecule has 0 radical (unpaired) electrons. The number of aryl methyl sites for hydroxylation is 2. The third kappa shape index (κ3) is 5.27. The monoisotopic (exact) mass is 490 g/mol. The normalized spacial score (nSPS) is 13.7. The molecule has 180 valence electrons. The number of nitrogens with zero attached hydrogens (tertiary/aromatic N) is 4. The summed E-state index contributed by atoms with van der Waals surface area (Å²) in [6, 6.07) is 15.5. The number of benzene rings is 2. The molecule has 1 aliphatic rings. The molecule has 4 aromatic rings. The van der Waals surface area contributed by atoms with Crippen molar-refractivity contribution in [2.45, 2.75) is 31.6 Å². The first kappa shape index (κ1) is 22.9. The first-order valence-corrected chi connectivity index (χ1v) is 12.9. The van der Waals surface area contributed by atoms with Crippen molar-refractivity contribution in [1.82, 2.24) is 15.0 Å². The maximum absolute atomic E-state index is 12.8. The molecule has 0 unspecified atom stereocenters. The standard InChI is InChI=1S/C25H26N6O3S/c1-17-26-24(15-25(27-17)31-13-3-4-14-31)29-20-7-9-21(10-8-20)30-35(32,33)22-11-5-19(6-12-22)23-16-34-18(2)28-23/h5-12,15-16,30H,3-4,13-14H2,1-2H3,(H,26,27,29). The zero-order valence-corrected chi connectivity index (χ0v) is 20.3. The number of rotatable bonds is 7. The van der Waals surface area contributed by atoms with E-state index in [0.29, 0.717) is 28.9 Å². The van der Waals surface area contributed by atoms with Crippen LogP contribution < -0.4 is 14.9 Å². The van der Waals surface area contributed by atoms with E-state index >= 15 is 0 Å². The van der Waals surface area contributed by atoms with Crippen LogP contribution in [0.25, 0.3) is 11.3 Å². The third-order valence-electron chi connectivity index (χ3n) is 5.74. The third-order valence-corrected chi connectivity index (χ3v) is 7.14. The van der Waals surface area contributed by atoms with Crippen LogP contribution in [0.5, 0.6) is 0 Å². The van der Waals surface area contributed by atoms with E-state index in [0.717, 1.165) is 30.2 Å². The predicted molar refractivity (Wildman–Crippen MR) is 135 cm³/mol. The van der Waals surface area contributed by atoms with Crippen LogP contribution in [-0.2, 0) is 10.0 Å². The second-order valence-corrected chi connectivity index (χ2v) is 10.1. The highest BCUT2D eigenvalue weighted by molar-refractivity contribution is 7.92. The first-order chi connectivity index (χ1) is 16.9. The van der Waals surface area contributed by atoms with Crippen molar-refractivity contribution in [3.05, 3.63) is 72.6 Å². The van der Waals surface area contributed by atoms with Gasteiger partial charge >= 0.3 is 0 Å². The number of anilines is 4. The summed E-state index contributed by atoms with van der Waals surface area (Å²) in [7, 11) is -3.74. The van der Waals surface area contributed by atoms with E-state index in [4.69, 9.17) is 4.42 Å². The molecule has 9 nitrogen and oxygen atoms in total. The zero-order chi connectivity index (χ0) is 24.4. The molecule has 10 heteroatoms. The minimum Gasteiger partial charge on any atom is -0.449 e. The van der Waals surface area contributed by atoms with E-state index < -0.39 is 10.0 Å². The van der Waals surface area contributed by atoms with Crippen LogP contribution in [0.2, 0.25) is 0 Å². The predicted octanol–water partition coefficient (Wildman–Crippen LogP) is 4.89. The number of oxazole rings is 1. The Hall–Kier alpha value is -3.92. The molecule has 2 N–H and O–H groups in total. The molecular weight excluding hydrogens is 464 g/mol. The molecule has 3 heterocycles. The Balaban J connectivity index is 1.27. The fraction of sp³-hybridized carbons (Fsp3) is 0.240. The molecule has 1 saturated heterocycles. The molecule has 0 atom stereocenters. The molecule has 35 heavy (non-hydrogen) atoms. The lowest BCUT2D eigenvalue weighted by molar-refractivity contribution is 0.521. The van der Waals surface area contributed by atoms with Gasteiger partial charge in [-0.2, -0.15) is 0 Å². The average Bonchev–Trinajstić information content (AvgIpc) is 3.52. The minimum atomic E-state index is -3.74. The van der Waals surface area contributed by atoms with Crippen LogP contribution >= 0.6 is 0 Å². The second-order valence-electron chi connectivity index (χ2n) is 8.44. The van der Waals surface area contributed by atoms with E-state index in [-0.39, 0.29) is 4.90 Å². The van der Waals surface area contributed by atoms with Gasteiger partial charge in [-0.15, -0.1) is 0 Å². The molecule has 1 fully saturated rings. The van der Waals surface area contributed by atoms with Gasteiger partial charge < -0.3 is 14.6 Å². The van der Waals surface area contributed by atoms with Crippen LogP contribution in [0.1, 0.15) is 24.6 Å². The summed E-state index contributed by atoms with van der Waals surface area (Å²) < 4.78 is 33.5. The van der Waals surface area contributed by atoms with Crippen LogP contribution in [0.4, 0.5) is 23.0 Å². The van der Waals surface area contributed by atoms with E-state index in [1.807, 2.05) is 13.0 Å². The molecule has 2 aromatic carbocycles. The Kier molecular flexibility index (Phi) is 6.12. The Labute approximate surface area is 204 Å². The van der Waals surface area contributed by atoms with E-state index in [1.54, 1.807) is 61.7 Å². The molecule has 0 amide bonds. The SMILES string of the molecule is Cc1nc(Nc2ccc(NS(=O)(=O)c3ccc(-c4coc(C)n4)cc3)cc2)cc(N2CCCC2)n1. The summed E-state index contributed by atoms with van der Waals surface area (Å²) in [4.78, 5) is 15.7. The fourth-order valence-corrected chi connectivity index (χ4v) is 5.07.